The minimum Gasteiger partial charge on any atom is -0.478 e. The van der Waals surface area contributed by atoms with E-state index < -0.39 is 5.97 Å². The lowest BCUT2D eigenvalue weighted by Crippen LogP contribution is -2.22. The van der Waals surface area contributed by atoms with Crippen molar-refractivity contribution < 1.29 is 9.90 Å². The number of nitrogens with zero attached hydrogens (tertiary/aromatic N) is 2. The zero-order chi connectivity index (χ0) is 15.5. The predicted octanol–water partition coefficient (Wildman–Crippen LogP) is 4.06. The minimum absolute atomic E-state index is 0.375. The summed E-state index contributed by atoms with van der Waals surface area (Å²) in [6, 6.07) is 7.17. The summed E-state index contributed by atoms with van der Waals surface area (Å²) in [6.07, 6.45) is 9.67. The lowest BCUT2D eigenvalue weighted by atomic mass is 9.98. The maximum Gasteiger partial charge on any atom is 0.333 e. The third kappa shape index (κ3) is 2.83. The Morgan fingerprint density at radius 1 is 1.27 bits per heavy atom. The summed E-state index contributed by atoms with van der Waals surface area (Å²) >= 11 is 5.95. The third-order valence-corrected chi connectivity index (χ3v) is 3.89. The van der Waals surface area contributed by atoms with Crippen molar-refractivity contribution in [3.8, 4) is 0 Å². The van der Waals surface area contributed by atoms with Gasteiger partial charge in [0.1, 0.15) is 0 Å². The molecule has 1 N–H and O–H groups in total. The number of benzene rings is 1. The Kier molecular flexibility index (Phi) is 4.11. The van der Waals surface area contributed by atoms with Crippen molar-refractivity contribution in [3.05, 3.63) is 64.3 Å². The first-order chi connectivity index (χ1) is 10.7. The molecule has 0 amide bonds. The fraction of sp³-hybridized carbons (Fsp3) is 0.176. The summed E-state index contributed by atoms with van der Waals surface area (Å²) in [7, 11) is 0. The Hall–Kier alpha value is -2.33. The number of carboxylic acid groups (broad SMARTS) is 1. The SMILES string of the molecule is O=C(O)C1=C(c2ccc(Cl)cc2)N2N=CC=CC2=CCCC1. The largest absolute Gasteiger partial charge is 0.478 e. The van der Waals surface area contributed by atoms with Crippen LogP contribution in [0.25, 0.3) is 5.70 Å². The molecule has 0 aromatic heterocycles. The number of hydrogen-bond acceptors (Lipinski definition) is 3. The van der Waals surface area contributed by atoms with Crippen LogP contribution in [0.3, 0.4) is 0 Å². The molecular formula is C17H15ClN2O2. The number of carbonyl (C=O) groups is 1. The molecule has 1 aromatic rings. The van der Waals surface area contributed by atoms with Crippen LogP contribution in [0, 0.1) is 0 Å². The highest BCUT2D eigenvalue weighted by Gasteiger charge is 2.25. The smallest absolute Gasteiger partial charge is 0.333 e. The van der Waals surface area contributed by atoms with Crippen LogP contribution in [0.1, 0.15) is 24.8 Å². The van der Waals surface area contributed by atoms with Crippen LogP contribution in [-0.4, -0.2) is 22.3 Å². The van der Waals surface area contributed by atoms with E-state index in [2.05, 4.69) is 11.2 Å². The molecule has 1 aromatic carbocycles. The van der Waals surface area contributed by atoms with Gasteiger partial charge in [-0.25, -0.2) is 9.80 Å². The molecule has 0 saturated heterocycles. The van der Waals surface area contributed by atoms with Crippen LogP contribution < -0.4 is 0 Å². The van der Waals surface area contributed by atoms with Crippen LogP contribution in [0.2, 0.25) is 5.02 Å². The van der Waals surface area contributed by atoms with Gasteiger partial charge in [0.2, 0.25) is 0 Å². The Bertz CT molecular complexity index is 715. The van der Waals surface area contributed by atoms with E-state index >= 15 is 0 Å². The molecule has 0 fully saturated rings. The summed E-state index contributed by atoms with van der Waals surface area (Å²) < 4.78 is 0. The summed E-state index contributed by atoms with van der Waals surface area (Å²) in [6.45, 7) is 0. The highest BCUT2D eigenvalue weighted by molar-refractivity contribution is 6.30. The lowest BCUT2D eigenvalue weighted by Gasteiger charge is -2.28. The molecule has 5 heteroatoms. The van der Waals surface area contributed by atoms with Gasteiger partial charge in [0.05, 0.1) is 17.0 Å². The van der Waals surface area contributed by atoms with Gasteiger partial charge in [-0.05, 0) is 43.5 Å². The topological polar surface area (TPSA) is 52.9 Å². The molecule has 2 aliphatic rings. The Labute approximate surface area is 133 Å². The van der Waals surface area contributed by atoms with Gasteiger partial charge in [0.15, 0.2) is 0 Å². The predicted molar refractivity (Wildman–Crippen MR) is 87.4 cm³/mol. The average Bonchev–Trinajstić information content (AvgIpc) is 2.49. The Morgan fingerprint density at radius 2 is 2.05 bits per heavy atom. The molecule has 2 heterocycles. The van der Waals surface area contributed by atoms with Gasteiger partial charge >= 0.3 is 5.97 Å². The summed E-state index contributed by atoms with van der Waals surface area (Å²) in [5.41, 5.74) is 2.67. The van der Waals surface area contributed by atoms with Gasteiger partial charge in [0.25, 0.3) is 0 Å². The molecule has 0 spiro atoms. The zero-order valence-electron chi connectivity index (χ0n) is 11.9. The first-order valence-corrected chi connectivity index (χ1v) is 7.48. The minimum atomic E-state index is -0.907. The number of hydrogen-bond donors (Lipinski definition) is 1. The van der Waals surface area contributed by atoms with Gasteiger partial charge in [-0.3, -0.25) is 0 Å². The van der Waals surface area contributed by atoms with Gasteiger partial charge in [-0.2, -0.15) is 5.10 Å². The number of rotatable bonds is 2. The van der Waals surface area contributed by atoms with E-state index in [4.69, 9.17) is 11.6 Å². The van der Waals surface area contributed by atoms with Crippen molar-refractivity contribution in [2.75, 3.05) is 0 Å². The van der Waals surface area contributed by atoms with Crippen molar-refractivity contribution in [1.82, 2.24) is 5.01 Å². The molecule has 0 bridgehead atoms. The van der Waals surface area contributed by atoms with E-state index in [-0.39, 0.29) is 0 Å². The quantitative estimate of drug-likeness (QED) is 0.895. The van der Waals surface area contributed by atoms with Crippen molar-refractivity contribution in [3.63, 3.8) is 0 Å². The van der Waals surface area contributed by atoms with Crippen LogP contribution >= 0.6 is 11.6 Å². The highest BCUT2D eigenvalue weighted by atomic mass is 35.5. The highest BCUT2D eigenvalue weighted by Crippen LogP contribution is 2.33. The molecule has 0 unspecified atom stereocenters. The number of aliphatic carboxylic acids is 1. The van der Waals surface area contributed by atoms with Crippen LogP contribution in [0.4, 0.5) is 0 Å². The number of hydrazone groups is 1. The lowest BCUT2D eigenvalue weighted by molar-refractivity contribution is -0.132. The molecule has 4 nitrogen and oxygen atoms in total. The number of carboxylic acids is 1. The second-order valence-corrected chi connectivity index (χ2v) is 5.53. The van der Waals surface area contributed by atoms with Crippen LogP contribution in [0.15, 0.2) is 58.9 Å². The fourth-order valence-corrected chi connectivity index (χ4v) is 2.74. The van der Waals surface area contributed by atoms with Crippen molar-refractivity contribution in [1.29, 1.82) is 0 Å². The summed E-state index contributed by atoms with van der Waals surface area (Å²) in [4.78, 5) is 11.7. The molecule has 112 valence electrons. The van der Waals surface area contributed by atoms with E-state index in [9.17, 15) is 9.90 Å². The zero-order valence-corrected chi connectivity index (χ0v) is 12.6. The normalized spacial score (nSPS) is 17.7. The molecule has 0 aliphatic carbocycles. The van der Waals surface area contributed by atoms with Gasteiger partial charge in [0, 0.05) is 16.8 Å². The number of halogens is 1. The maximum atomic E-state index is 11.7. The Balaban J connectivity index is 2.19. The van der Waals surface area contributed by atoms with Gasteiger partial charge in [-0.15, -0.1) is 0 Å². The first kappa shape index (κ1) is 14.6. The van der Waals surface area contributed by atoms with Crippen molar-refractivity contribution >= 4 is 29.5 Å². The molecule has 0 radical (unpaired) electrons. The van der Waals surface area contributed by atoms with E-state index in [0.717, 1.165) is 24.1 Å². The monoisotopic (exact) mass is 314 g/mol. The van der Waals surface area contributed by atoms with Gasteiger partial charge < -0.3 is 5.11 Å². The second kappa shape index (κ2) is 6.20. The average molecular weight is 315 g/mol. The maximum absolute atomic E-state index is 11.7. The molecule has 0 atom stereocenters. The van der Waals surface area contributed by atoms with E-state index in [1.54, 1.807) is 23.4 Å². The second-order valence-electron chi connectivity index (χ2n) is 5.10. The van der Waals surface area contributed by atoms with E-state index in [1.165, 1.54) is 0 Å². The Morgan fingerprint density at radius 3 is 2.77 bits per heavy atom. The first-order valence-electron chi connectivity index (χ1n) is 7.10. The van der Waals surface area contributed by atoms with E-state index in [0.29, 0.717) is 22.7 Å². The number of fused-ring (bicyclic) bond motifs is 1. The molecular weight excluding hydrogens is 300 g/mol. The third-order valence-electron chi connectivity index (χ3n) is 3.64. The molecule has 2 aliphatic heterocycles. The fourth-order valence-electron chi connectivity index (χ4n) is 2.61. The van der Waals surface area contributed by atoms with E-state index in [1.807, 2.05) is 24.3 Å². The number of allylic oxidation sites excluding steroid dienone is 3. The summed E-state index contributed by atoms with van der Waals surface area (Å²) in [5.74, 6) is -0.907. The van der Waals surface area contributed by atoms with Crippen LogP contribution in [-0.2, 0) is 4.79 Å². The standard InChI is InChI=1S/C17H15ClN2O2/c18-13-9-7-12(8-10-13)16-15(17(21)22)6-2-1-4-14-5-3-11-19-20(14)16/h3-5,7-11H,1-2,6H2,(H,21,22). The van der Waals surface area contributed by atoms with Gasteiger partial charge in [-0.1, -0.05) is 29.8 Å². The molecule has 22 heavy (non-hydrogen) atoms. The van der Waals surface area contributed by atoms with Crippen molar-refractivity contribution in [2.45, 2.75) is 19.3 Å². The van der Waals surface area contributed by atoms with Crippen molar-refractivity contribution in [2.24, 2.45) is 5.10 Å². The van der Waals surface area contributed by atoms with Crippen LogP contribution in [0.5, 0.6) is 0 Å². The molecule has 3 rings (SSSR count). The summed E-state index contributed by atoms with van der Waals surface area (Å²) in [5, 5.41) is 16.3. The molecule has 0 saturated carbocycles.